The molecular weight excluding hydrogens is 394 g/mol. The highest BCUT2D eigenvalue weighted by Gasteiger charge is 2.16. The maximum Gasteiger partial charge on any atom is 0.271 e. The molecule has 0 spiro atoms. The van der Waals surface area contributed by atoms with Gasteiger partial charge >= 0.3 is 0 Å². The van der Waals surface area contributed by atoms with E-state index in [-0.39, 0.29) is 4.21 Å². The van der Waals surface area contributed by atoms with E-state index in [9.17, 15) is 8.42 Å². The molecule has 23 heavy (non-hydrogen) atoms. The van der Waals surface area contributed by atoms with Crippen LogP contribution in [0.25, 0.3) is 0 Å². The Labute approximate surface area is 148 Å². The van der Waals surface area contributed by atoms with Crippen LogP contribution in [0.1, 0.15) is 11.1 Å². The average Bonchev–Trinajstić information content (AvgIpc) is 2.96. The molecule has 3 rings (SSSR count). The number of benzene rings is 2. The van der Waals surface area contributed by atoms with Crippen molar-refractivity contribution >= 4 is 43.0 Å². The monoisotopic (exact) mass is 407 g/mol. The summed E-state index contributed by atoms with van der Waals surface area (Å²) in [5.74, 6) is 0. The third-order valence-corrected chi connectivity index (χ3v) is 6.74. The Balaban J connectivity index is 1.80. The van der Waals surface area contributed by atoms with Crippen LogP contribution >= 0.6 is 27.3 Å². The van der Waals surface area contributed by atoms with Crippen molar-refractivity contribution in [1.82, 2.24) is 0 Å². The van der Waals surface area contributed by atoms with Crippen LogP contribution in [0.4, 0.5) is 5.69 Å². The summed E-state index contributed by atoms with van der Waals surface area (Å²) in [6.07, 6.45) is 0.765. The summed E-state index contributed by atoms with van der Waals surface area (Å²) in [6.45, 7) is 0. The minimum atomic E-state index is -3.54. The van der Waals surface area contributed by atoms with Crippen molar-refractivity contribution in [3.63, 3.8) is 0 Å². The lowest BCUT2D eigenvalue weighted by molar-refractivity contribution is 0.603. The third-order valence-electron chi connectivity index (χ3n) is 3.24. The van der Waals surface area contributed by atoms with Crippen LogP contribution in [0.3, 0.4) is 0 Å². The van der Waals surface area contributed by atoms with Gasteiger partial charge in [0.05, 0.1) is 3.79 Å². The molecule has 1 aromatic heterocycles. The number of nitrogens with one attached hydrogen (secondary N) is 1. The molecule has 0 aliphatic heterocycles. The van der Waals surface area contributed by atoms with E-state index in [0.717, 1.165) is 15.8 Å². The summed E-state index contributed by atoms with van der Waals surface area (Å²) in [6, 6.07) is 20.9. The summed E-state index contributed by atoms with van der Waals surface area (Å²) in [4.78, 5) is 0. The summed E-state index contributed by atoms with van der Waals surface area (Å²) >= 11 is 4.47. The summed E-state index contributed by atoms with van der Waals surface area (Å²) in [7, 11) is -3.54. The lowest BCUT2D eigenvalue weighted by Crippen LogP contribution is -2.11. The first-order chi connectivity index (χ1) is 11.0. The van der Waals surface area contributed by atoms with Crippen molar-refractivity contribution in [2.75, 3.05) is 4.72 Å². The molecule has 3 aromatic rings. The van der Waals surface area contributed by atoms with E-state index in [4.69, 9.17) is 0 Å². The molecule has 0 amide bonds. The Morgan fingerprint density at radius 3 is 2.35 bits per heavy atom. The number of hydrogen-bond acceptors (Lipinski definition) is 3. The first-order valence-electron chi connectivity index (χ1n) is 6.94. The van der Waals surface area contributed by atoms with Gasteiger partial charge in [-0.3, -0.25) is 4.72 Å². The van der Waals surface area contributed by atoms with Gasteiger partial charge in [-0.2, -0.15) is 0 Å². The van der Waals surface area contributed by atoms with E-state index in [0.29, 0.717) is 5.69 Å². The smallest absolute Gasteiger partial charge is 0.271 e. The lowest BCUT2D eigenvalue weighted by atomic mass is 10.0. The van der Waals surface area contributed by atoms with Gasteiger partial charge in [0.2, 0.25) is 0 Å². The second kappa shape index (κ2) is 6.86. The Hall–Kier alpha value is -1.63. The minimum absolute atomic E-state index is 0.290. The number of anilines is 1. The standard InChI is InChI=1S/C17H14BrNO2S2/c18-16-9-10-17(22-16)23(20,21)19-15-8-4-7-14(12-15)11-13-5-2-1-3-6-13/h1-10,12,19H,11H2. The molecule has 0 saturated carbocycles. The highest BCUT2D eigenvalue weighted by atomic mass is 79.9. The Bertz CT molecular complexity index is 905. The largest absolute Gasteiger partial charge is 0.279 e. The number of halogens is 1. The molecule has 0 bridgehead atoms. The molecule has 118 valence electrons. The van der Waals surface area contributed by atoms with E-state index < -0.39 is 10.0 Å². The van der Waals surface area contributed by atoms with Crippen LogP contribution in [0, 0.1) is 0 Å². The van der Waals surface area contributed by atoms with E-state index in [2.05, 4.69) is 32.8 Å². The van der Waals surface area contributed by atoms with Crippen LogP contribution in [0.5, 0.6) is 0 Å². The molecule has 3 nitrogen and oxygen atoms in total. The second-order valence-corrected chi connectivity index (χ2v) is 9.40. The SMILES string of the molecule is O=S(=O)(Nc1cccc(Cc2ccccc2)c1)c1ccc(Br)s1. The molecule has 1 heterocycles. The predicted octanol–water partition coefficient (Wildman–Crippen LogP) is 4.90. The van der Waals surface area contributed by atoms with E-state index in [1.54, 1.807) is 18.2 Å². The summed E-state index contributed by atoms with van der Waals surface area (Å²) in [5, 5.41) is 0. The zero-order chi connectivity index (χ0) is 16.3. The van der Waals surface area contributed by atoms with Gasteiger partial charge in [-0.1, -0.05) is 42.5 Å². The molecule has 0 unspecified atom stereocenters. The molecule has 6 heteroatoms. The molecule has 0 radical (unpaired) electrons. The predicted molar refractivity (Wildman–Crippen MR) is 98.5 cm³/mol. The van der Waals surface area contributed by atoms with Gasteiger partial charge in [0.25, 0.3) is 10.0 Å². The zero-order valence-electron chi connectivity index (χ0n) is 12.1. The van der Waals surface area contributed by atoms with Crippen molar-refractivity contribution in [1.29, 1.82) is 0 Å². The van der Waals surface area contributed by atoms with E-state index in [1.807, 2.05) is 36.4 Å². The van der Waals surface area contributed by atoms with Gasteiger partial charge in [0.1, 0.15) is 4.21 Å². The molecular formula is C17H14BrNO2S2. The van der Waals surface area contributed by atoms with Crippen LogP contribution < -0.4 is 4.72 Å². The van der Waals surface area contributed by atoms with Gasteiger partial charge < -0.3 is 0 Å². The number of hydrogen-bond donors (Lipinski definition) is 1. The highest BCUT2D eigenvalue weighted by Crippen LogP contribution is 2.27. The Morgan fingerprint density at radius 1 is 0.913 bits per heavy atom. The number of sulfonamides is 1. The molecule has 0 aliphatic carbocycles. The summed E-state index contributed by atoms with van der Waals surface area (Å²) in [5.41, 5.74) is 2.82. The van der Waals surface area contributed by atoms with Crippen molar-refractivity contribution in [3.05, 3.63) is 81.6 Å². The molecule has 0 aliphatic rings. The fourth-order valence-electron chi connectivity index (χ4n) is 2.22. The van der Waals surface area contributed by atoms with Gasteiger partial charge in [-0.05, 0) is 57.7 Å². The lowest BCUT2D eigenvalue weighted by Gasteiger charge is -2.08. The third kappa shape index (κ3) is 4.22. The van der Waals surface area contributed by atoms with Gasteiger partial charge in [-0.25, -0.2) is 8.42 Å². The molecule has 2 aromatic carbocycles. The van der Waals surface area contributed by atoms with Gasteiger partial charge in [-0.15, -0.1) is 11.3 Å². The quantitative estimate of drug-likeness (QED) is 0.653. The normalized spacial score (nSPS) is 11.3. The van der Waals surface area contributed by atoms with Crippen molar-refractivity contribution in [3.8, 4) is 0 Å². The Morgan fingerprint density at radius 2 is 1.65 bits per heavy atom. The molecule has 0 fully saturated rings. The molecule has 0 saturated heterocycles. The van der Waals surface area contributed by atoms with Gasteiger partial charge in [0.15, 0.2) is 0 Å². The second-order valence-electron chi connectivity index (χ2n) is 5.03. The van der Waals surface area contributed by atoms with Crippen LogP contribution in [-0.2, 0) is 16.4 Å². The molecule has 0 atom stereocenters. The fourth-order valence-corrected chi connectivity index (χ4v) is 5.28. The number of rotatable bonds is 5. The minimum Gasteiger partial charge on any atom is -0.279 e. The summed E-state index contributed by atoms with van der Waals surface area (Å²) < 4.78 is 28.4. The first-order valence-corrected chi connectivity index (χ1v) is 10.0. The number of thiophene rings is 1. The first kappa shape index (κ1) is 16.2. The van der Waals surface area contributed by atoms with Crippen LogP contribution in [0.15, 0.2) is 74.7 Å². The maximum atomic E-state index is 12.4. The van der Waals surface area contributed by atoms with Crippen molar-refractivity contribution < 1.29 is 8.42 Å². The van der Waals surface area contributed by atoms with Crippen molar-refractivity contribution in [2.24, 2.45) is 0 Å². The van der Waals surface area contributed by atoms with E-state index >= 15 is 0 Å². The average molecular weight is 408 g/mol. The zero-order valence-corrected chi connectivity index (χ0v) is 15.3. The highest BCUT2D eigenvalue weighted by molar-refractivity contribution is 9.11. The van der Waals surface area contributed by atoms with Crippen LogP contribution in [0.2, 0.25) is 0 Å². The molecule has 1 N–H and O–H groups in total. The van der Waals surface area contributed by atoms with Gasteiger partial charge in [0, 0.05) is 5.69 Å². The van der Waals surface area contributed by atoms with Crippen molar-refractivity contribution in [2.45, 2.75) is 10.6 Å². The maximum absolute atomic E-state index is 12.4. The Kier molecular flexibility index (Phi) is 4.84. The van der Waals surface area contributed by atoms with E-state index in [1.165, 1.54) is 16.9 Å². The van der Waals surface area contributed by atoms with Crippen LogP contribution in [-0.4, -0.2) is 8.42 Å². The fraction of sp³-hybridized carbons (Fsp3) is 0.0588. The topological polar surface area (TPSA) is 46.2 Å².